The number of hydrogen-bond donors (Lipinski definition) is 1. The largest absolute Gasteiger partial charge is 0.497 e. The number of rotatable bonds is 4. The number of ether oxygens (including phenoxy) is 1. The fourth-order valence-corrected chi connectivity index (χ4v) is 3.64. The van der Waals surface area contributed by atoms with Crippen LogP contribution in [-0.2, 0) is 0 Å². The van der Waals surface area contributed by atoms with Crippen molar-refractivity contribution in [1.82, 2.24) is 14.5 Å². The van der Waals surface area contributed by atoms with Crippen LogP contribution in [0.15, 0.2) is 83.8 Å². The van der Waals surface area contributed by atoms with Crippen LogP contribution in [0.2, 0.25) is 0 Å². The number of aromatic nitrogens is 3. The summed E-state index contributed by atoms with van der Waals surface area (Å²) in [7, 11) is 1.62. The van der Waals surface area contributed by atoms with Crippen molar-refractivity contribution in [3.63, 3.8) is 0 Å². The van der Waals surface area contributed by atoms with Gasteiger partial charge in [-0.1, -0.05) is 30.3 Å². The maximum Gasteiger partial charge on any atom is 0.266 e. The molecule has 0 spiro atoms. The van der Waals surface area contributed by atoms with Crippen molar-refractivity contribution in [2.45, 2.75) is 0 Å². The summed E-state index contributed by atoms with van der Waals surface area (Å²) in [6.45, 7) is 0. The number of benzene rings is 3. The fraction of sp³-hybridized carbons (Fsp3) is 0.0400. The number of fused-ring (bicyclic) bond motifs is 2. The first-order valence-corrected chi connectivity index (χ1v) is 9.65. The van der Waals surface area contributed by atoms with E-state index in [4.69, 9.17) is 9.72 Å². The molecule has 2 heterocycles. The first-order chi connectivity index (χ1) is 14.7. The molecule has 0 fully saturated rings. The smallest absolute Gasteiger partial charge is 0.266 e. The molecule has 0 aliphatic rings. The standard InChI is InChI=1S/C25H19N3O2/c1-30-19-13-11-18(12-14-19)28-24(27-23-9-5-3-7-21(23)25(28)29)15-10-17-16-26-22-8-4-2-6-20(17)22/h2-16,26H,1H3/b15-10+. The lowest BCUT2D eigenvalue weighted by molar-refractivity contribution is 0.414. The monoisotopic (exact) mass is 393 g/mol. The predicted octanol–water partition coefficient (Wildman–Crippen LogP) is 5.05. The van der Waals surface area contributed by atoms with E-state index in [0.717, 1.165) is 27.9 Å². The van der Waals surface area contributed by atoms with E-state index in [-0.39, 0.29) is 5.56 Å². The van der Waals surface area contributed by atoms with Crippen molar-refractivity contribution >= 4 is 34.0 Å². The zero-order chi connectivity index (χ0) is 20.5. The zero-order valence-electron chi connectivity index (χ0n) is 16.4. The van der Waals surface area contributed by atoms with E-state index < -0.39 is 0 Å². The van der Waals surface area contributed by atoms with E-state index in [9.17, 15) is 4.79 Å². The molecule has 5 heteroatoms. The van der Waals surface area contributed by atoms with E-state index in [1.165, 1.54) is 0 Å². The average molecular weight is 393 g/mol. The molecular weight excluding hydrogens is 374 g/mol. The highest BCUT2D eigenvalue weighted by Crippen LogP contribution is 2.21. The normalized spacial score (nSPS) is 11.5. The van der Waals surface area contributed by atoms with Gasteiger partial charge >= 0.3 is 0 Å². The van der Waals surface area contributed by atoms with Crippen LogP contribution in [0.5, 0.6) is 5.75 Å². The summed E-state index contributed by atoms with van der Waals surface area (Å²) in [5, 5.41) is 1.70. The van der Waals surface area contributed by atoms with Crippen LogP contribution in [0.4, 0.5) is 0 Å². The van der Waals surface area contributed by atoms with Crippen LogP contribution in [0.1, 0.15) is 11.4 Å². The Bertz CT molecular complexity index is 1440. The number of para-hydroxylation sites is 2. The number of nitrogens with zero attached hydrogens (tertiary/aromatic N) is 2. The molecule has 0 saturated heterocycles. The van der Waals surface area contributed by atoms with Gasteiger partial charge in [0.1, 0.15) is 11.6 Å². The number of nitrogens with one attached hydrogen (secondary N) is 1. The fourth-order valence-electron chi connectivity index (χ4n) is 3.64. The Balaban J connectivity index is 1.70. The van der Waals surface area contributed by atoms with Gasteiger partial charge < -0.3 is 9.72 Å². The number of aromatic amines is 1. The molecule has 30 heavy (non-hydrogen) atoms. The summed E-state index contributed by atoms with van der Waals surface area (Å²) >= 11 is 0. The van der Waals surface area contributed by atoms with Crippen LogP contribution in [0, 0.1) is 0 Å². The Hall–Kier alpha value is -4.12. The van der Waals surface area contributed by atoms with Gasteiger partial charge in [-0.15, -0.1) is 0 Å². The minimum absolute atomic E-state index is 0.107. The Labute approximate surface area is 172 Å². The molecule has 5 rings (SSSR count). The van der Waals surface area contributed by atoms with Crippen molar-refractivity contribution in [1.29, 1.82) is 0 Å². The van der Waals surface area contributed by atoms with Gasteiger partial charge in [-0.25, -0.2) is 4.98 Å². The van der Waals surface area contributed by atoms with E-state index in [1.807, 2.05) is 79.0 Å². The van der Waals surface area contributed by atoms with Crippen LogP contribution in [0.3, 0.4) is 0 Å². The highest BCUT2D eigenvalue weighted by atomic mass is 16.5. The summed E-state index contributed by atoms with van der Waals surface area (Å²) in [6, 6.07) is 22.9. The molecule has 0 radical (unpaired) electrons. The van der Waals surface area contributed by atoms with E-state index >= 15 is 0 Å². The van der Waals surface area contributed by atoms with Crippen LogP contribution in [0.25, 0.3) is 39.6 Å². The number of H-pyrrole nitrogens is 1. The first-order valence-electron chi connectivity index (χ1n) is 9.65. The zero-order valence-corrected chi connectivity index (χ0v) is 16.4. The quantitative estimate of drug-likeness (QED) is 0.465. The van der Waals surface area contributed by atoms with Gasteiger partial charge in [0.25, 0.3) is 5.56 Å². The number of methoxy groups -OCH3 is 1. The second kappa shape index (κ2) is 7.37. The third kappa shape index (κ3) is 3.06. The van der Waals surface area contributed by atoms with Gasteiger partial charge in [0.2, 0.25) is 0 Å². The molecule has 5 nitrogen and oxygen atoms in total. The average Bonchev–Trinajstić information content (AvgIpc) is 3.21. The van der Waals surface area contributed by atoms with Crippen LogP contribution in [-0.4, -0.2) is 21.6 Å². The molecule has 146 valence electrons. The molecule has 5 aromatic rings. The Morgan fingerprint density at radius 1 is 0.900 bits per heavy atom. The van der Waals surface area contributed by atoms with Gasteiger partial charge in [-0.3, -0.25) is 9.36 Å². The lowest BCUT2D eigenvalue weighted by atomic mass is 10.1. The van der Waals surface area contributed by atoms with Gasteiger partial charge in [0.05, 0.1) is 23.7 Å². The molecule has 0 aliphatic heterocycles. The van der Waals surface area contributed by atoms with Crippen molar-refractivity contribution in [2.75, 3.05) is 7.11 Å². The van der Waals surface area contributed by atoms with Crippen molar-refractivity contribution in [2.24, 2.45) is 0 Å². The summed E-state index contributed by atoms with van der Waals surface area (Å²) in [6.07, 6.45) is 5.82. The second-order valence-electron chi connectivity index (χ2n) is 6.95. The topological polar surface area (TPSA) is 59.9 Å². The highest BCUT2D eigenvalue weighted by Gasteiger charge is 2.11. The predicted molar refractivity (Wildman–Crippen MR) is 121 cm³/mol. The summed E-state index contributed by atoms with van der Waals surface area (Å²) < 4.78 is 6.88. The Morgan fingerprint density at radius 2 is 1.63 bits per heavy atom. The molecule has 0 saturated carbocycles. The maximum absolute atomic E-state index is 13.3. The summed E-state index contributed by atoms with van der Waals surface area (Å²) in [4.78, 5) is 21.4. The number of hydrogen-bond acceptors (Lipinski definition) is 3. The SMILES string of the molecule is COc1ccc(-n2c(/C=C/c3c[nH]c4ccccc34)nc3ccccc3c2=O)cc1. The van der Waals surface area contributed by atoms with Crippen molar-refractivity contribution in [3.8, 4) is 11.4 Å². The lowest BCUT2D eigenvalue weighted by Gasteiger charge is -2.12. The highest BCUT2D eigenvalue weighted by molar-refractivity contribution is 5.91. The van der Waals surface area contributed by atoms with Crippen LogP contribution >= 0.6 is 0 Å². The van der Waals surface area contributed by atoms with Crippen molar-refractivity contribution < 1.29 is 4.74 Å². The van der Waals surface area contributed by atoms with Gasteiger partial charge in [-0.2, -0.15) is 0 Å². The van der Waals surface area contributed by atoms with E-state index in [0.29, 0.717) is 16.7 Å². The molecule has 0 amide bonds. The Morgan fingerprint density at radius 3 is 2.43 bits per heavy atom. The van der Waals surface area contributed by atoms with Gasteiger partial charge in [-0.05, 0) is 60.2 Å². The summed E-state index contributed by atoms with van der Waals surface area (Å²) in [5.74, 6) is 1.30. The molecule has 0 atom stereocenters. The third-order valence-corrected chi connectivity index (χ3v) is 5.17. The minimum Gasteiger partial charge on any atom is -0.497 e. The molecule has 0 unspecified atom stereocenters. The maximum atomic E-state index is 13.3. The molecule has 2 aromatic heterocycles. The van der Waals surface area contributed by atoms with Gasteiger partial charge in [0.15, 0.2) is 0 Å². The molecule has 0 aliphatic carbocycles. The lowest BCUT2D eigenvalue weighted by Crippen LogP contribution is -2.22. The Kier molecular flexibility index (Phi) is 4.41. The first kappa shape index (κ1) is 17.9. The molecule has 1 N–H and O–H groups in total. The van der Waals surface area contributed by atoms with Crippen LogP contribution < -0.4 is 10.3 Å². The van der Waals surface area contributed by atoms with E-state index in [2.05, 4.69) is 11.1 Å². The molecule has 0 bridgehead atoms. The van der Waals surface area contributed by atoms with Gasteiger partial charge in [0, 0.05) is 17.1 Å². The second-order valence-corrected chi connectivity index (χ2v) is 6.95. The molecular formula is C25H19N3O2. The minimum atomic E-state index is -0.107. The van der Waals surface area contributed by atoms with Crippen molar-refractivity contribution in [3.05, 3.63) is 101 Å². The summed E-state index contributed by atoms with van der Waals surface area (Å²) in [5.41, 5.74) is 3.40. The third-order valence-electron chi connectivity index (χ3n) is 5.17. The molecule has 3 aromatic carbocycles. The van der Waals surface area contributed by atoms with E-state index in [1.54, 1.807) is 17.7 Å².